The number of carboxylic acid groups (broad SMARTS) is 1. The molecule has 5 nitrogen and oxygen atoms in total. The van der Waals surface area contributed by atoms with Crippen molar-refractivity contribution >= 4 is 16.0 Å². The summed E-state index contributed by atoms with van der Waals surface area (Å²) in [6, 6.07) is 2.03. The van der Waals surface area contributed by atoms with Crippen molar-refractivity contribution in [2.75, 3.05) is 13.1 Å². The third-order valence-electron chi connectivity index (χ3n) is 3.65. The maximum absolute atomic E-state index is 13.2. The first-order chi connectivity index (χ1) is 9.65. The van der Waals surface area contributed by atoms with Crippen LogP contribution >= 0.6 is 0 Å². The standard InChI is InChI=1S/C13H15F2NO4S/c1-13(12(17)18)3-2-4-16(8-13)21(19,20)11-6-9(14)5-10(15)7-11/h5-7H,2-4,8H2,1H3,(H,17,18). The van der Waals surface area contributed by atoms with Crippen LogP contribution in [0.4, 0.5) is 8.78 Å². The molecular formula is C13H15F2NO4S. The van der Waals surface area contributed by atoms with E-state index in [0.29, 0.717) is 18.9 Å². The molecule has 1 saturated heterocycles. The van der Waals surface area contributed by atoms with Crippen LogP contribution < -0.4 is 0 Å². The quantitative estimate of drug-likeness (QED) is 0.922. The summed E-state index contributed by atoms with van der Waals surface area (Å²) in [4.78, 5) is 10.7. The van der Waals surface area contributed by atoms with Crippen molar-refractivity contribution in [3.05, 3.63) is 29.8 Å². The van der Waals surface area contributed by atoms with Gasteiger partial charge in [0.1, 0.15) is 11.6 Å². The lowest BCUT2D eigenvalue weighted by Crippen LogP contribution is -2.48. The number of carbonyl (C=O) groups is 1. The summed E-state index contributed by atoms with van der Waals surface area (Å²) in [7, 11) is -4.12. The van der Waals surface area contributed by atoms with E-state index in [2.05, 4.69) is 0 Å². The van der Waals surface area contributed by atoms with Crippen LogP contribution in [-0.4, -0.2) is 36.9 Å². The Kier molecular flexibility index (Phi) is 4.03. The summed E-state index contributed by atoms with van der Waals surface area (Å²) in [6.45, 7) is 1.37. The molecule has 0 aromatic heterocycles. The predicted octanol–water partition coefficient (Wildman–Crippen LogP) is 1.84. The van der Waals surface area contributed by atoms with Crippen LogP contribution in [0.1, 0.15) is 19.8 Å². The van der Waals surface area contributed by atoms with E-state index in [4.69, 9.17) is 0 Å². The largest absolute Gasteiger partial charge is 0.481 e. The molecule has 1 aliphatic heterocycles. The minimum atomic E-state index is -4.12. The average molecular weight is 319 g/mol. The Hall–Kier alpha value is -1.54. The van der Waals surface area contributed by atoms with Crippen molar-refractivity contribution in [3.8, 4) is 0 Å². The Morgan fingerprint density at radius 1 is 1.29 bits per heavy atom. The van der Waals surface area contributed by atoms with Crippen LogP contribution in [0.15, 0.2) is 23.1 Å². The Bertz CT molecular complexity index is 656. The van der Waals surface area contributed by atoms with Gasteiger partial charge in [0, 0.05) is 19.2 Å². The van der Waals surface area contributed by atoms with Gasteiger partial charge in [-0.25, -0.2) is 17.2 Å². The molecule has 0 radical (unpaired) electrons. The molecule has 2 rings (SSSR count). The van der Waals surface area contributed by atoms with Crippen molar-refractivity contribution in [3.63, 3.8) is 0 Å². The number of hydrogen-bond acceptors (Lipinski definition) is 3. The zero-order valence-corrected chi connectivity index (χ0v) is 12.2. The number of hydrogen-bond donors (Lipinski definition) is 1. The van der Waals surface area contributed by atoms with Crippen LogP contribution in [0.25, 0.3) is 0 Å². The number of halogens is 2. The molecule has 1 aromatic rings. The van der Waals surface area contributed by atoms with Gasteiger partial charge in [0.25, 0.3) is 0 Å². The monoisotopic (exact) mass is 319 g/mol. The molecule has 0 bridgehead atoms. The summed E-state index contributed by atoms with van der Waals surface area (Å²) in [5.41, 5.74) is -1.20. The van der Waals surface area contributed by atoms with Gasteiger partial charge in [0.15, 0.2) is 0 Å². The van der Waals surface area contributed by atoms with Gasteiger partial charge >= 0.3 is 5.97 Å². The predicted molar refractivity (Wildman–Crippen MR) is 70.1 cm³/mol. The number of aliphatic carboxylic acids is 1. The van der Waals surface area contributed by atoms with Crippen molar-refractivity contribution in [1.29, 1.82) is 0 Å². The van der Waals surface area contributed by atoms with Crippen molar-refractivity contribution in [2.45, 2.75) is 24.7 Å². The van der Waals surface area contributed by atoms with E-state index in [1.54, 1.807) is 0 Å². The highest BCUT2D eigenvalue weighted by molar-refractivity contribution is 7.89. The lowest BCUT2D eigenvalue weighted by molar-refractivity contribution is -0.150. The van der Waals surface area contributed by atoms with E-state index in [1.165, 1.54) is 6.92 Å². The summed E-state index contributed by atoms with van der Waals surface area (Å²) in [5, 5.41) is 9.20. The molecule has 1 fully saturated rings. The summed E-state index contributed by atoms with van der Waals surface area (Å²) >= 11 is 0. The average Bonchev–Trinajstić information content (AvgIpc) is 2.37. The fourth-order valence-corrected chi connectivity index (χ4v) is 4.04. The molecule has 21 heavy (non-hydrogen) atoms. The molecule has 1 aromatic carbocycles. The first kappa shape index (κ1) is 15.8. The fraction of sp³-hybridized carbons (Fsp3) is 0.462. The molecule has 0 aliphatic carbocycles. The van der Waals surface area contributed by atoms with Gasteiger partial charge in [-0.15, -0.1) is 0 Å². The molecule has 1 atom stereocenters. The SMILES string of the molecule is CC1(C(=O)O)CCCN(S(=O)(=O)c2cc(F)cc(F)c2)C1. The third-order valence-corrected chi connectivity index (χ3v) is 5.47. The van der Waals surface area contributed by atoms with Gasteiger partial charge in [0.05, 0.1) is 10.3 Å². The van der Waals surface area contributed by atoms with Gasteiger partial charge in [-0.05, 0) is 31.9 Å². The minimum absolute atomic E-state index is 0.128. The summed E-state index contributed by atoms with van der Waals surface area (Å²) < 4.78 is 52.2. The molecule has 1 unspecified atom stereocenters. The van der Waals surface area contributed by atoms with E-state index >= 15 is 0 Å². The Morgan fingerprint density at radius 3 is 2.38 bits per heavy atom. The highest BCUT2D eigenvalue weighted by atomic mass is 32.2. The summed E-state index contributed by atoms with van der Waals surface area (Å²) in [5.74, 6) is -3.08. The number of piperidine rings is 1. The normalized spacial score (nSPS) is 24.0. The smallest absolute Gasteiger partial charge is 0.310 e. The van der Waals surface area contributed by atoms with Gasteiger partial charge < -0.3 is 5.11 Å². The van der Waals surface area contributed by atoms with Gasteiger partial charge in [0.2, 0.25) is 10.0 Å². The Morgan fingerprint density at radius 2 is 1.86 bits per heavy atom. The van der Waals surface area contributed by atoms with Gasteiger partial charge in [-0.2, -0.15) is 4.31 Å². The van der Waals surface area contributed by atoms with Crippen LogP contribution in [0.3, 0.4) is 0 Å². The molecule has 116 valence electrons. The molecule has 1 N–H and O–H groups in total. The number of nitrogens with zero attached hydrogens (tertiary/aromatic N) is 1. The van der Waals surface area contributed by atoms with Crippen LogP contribution in [0.5, 0.6) is 0 Å². The third kappa shape index (κ3) is 3.06. The van der Waals surface area contributed by atoms with E-state index in [1.807, 2.05) is 0 Å². The van der Waals surface area contributed by atoms with E-state index in [-0.39, 0.29) is 13.1 Å². The van der Waals surface area contributed by atoms with Gasteiger partial charge in [-0.1, -0.05) is 0 Å². The van der Waals surface area contributed by atoms with Crippen molar-refractivity contribution in [1.82, 2.24) is 4.31 Å². The molecule has 0 saturated carbocycles. The van der Waals surface area contributed by atoms with Gasteiger partial charge in [-0.3, -0.25) is 4.79 Å². The first-order valence-corrected chi connectivity index (χ1v) is 7.79. The number of rotatable bonds is 3. The second kappa shape index (κ2) is 5.34. The van der Waals surface area contributed by atoms with Crippen LogP contribution in [-0.2, 0) is 14.8 Å². The Balaban J connectivity index is 2.37. The second-order valence-electron chi connectivity index (χ2n) is 5.41. The molecule has 1 heterocycles. The molecule has 0 spiro atoms. The molecule has 1 aliphatic rings. The van der Waals surface area contributed by atoms with Crippen LogP contribution in [0, 0.1) is 17.0 Å². The van der Waals surface area contributed by atoms with Crippen molar-refractivity contribution < 1.29 is 27.1 Å². The van der Waals surface area contributed by atoms with Crippen LogP contribution in [0.2, 0.25) is 0 Å². The van der Waals surface area contributed by atoms with Crippen molar-refractivity contribution in [2.24, 2.45) is 5.41 Å². The van der Waals surface area contributed by atoms with E-state index in [9.17, 15) is 27.1 Å². The zero-order chi connectivity index (χ0) is 15.8. The minimum Gasteiger partial charge on any atom is -0.481 e. The first-order valence-electron chi connectivity index (χ1n) is 6.35. The van der Waals surface area contributed by atoms with E-state index in [0.717, 1.165) is 16.4 Å². The van der Waals surface area contributed by atoms with E-state index < -0.39 is 37.9 Å². The Labute approximate surface area is 121 Å². The molecular weight excluding hydrogens is 304 g/mol. The molecule has 0 amide bonds. The number of sulfonamides is 1. The zero-order valence-electron chi connectivity index (χ0n) is 11.3. The second-order valence-corrected chi connectivity index (χ2v) is 7.35. The fourth-order valence-electron chi connectivity index (χ4n) is 2.40. The highest BCUT2D eigenvalue weighted by Crippen LogP contribution is 2.33. The number of carboxylic acids is 1. The molecule has 8 heteroatoms. The highest BCUT2D eigenvalue weighted by Gasteiger charge is 2.42. The lowest BCUT2D eigenvalue weighted by Gasteiger charge is -2.36. The maximum Gasteiger partial charge on any atom is 0.310 e. The lowest BCUT2D eigenvalue weighted by atomic mass is 9.83. The summed E-state index contributed by atoms with van der Waals surface area (Å²) in [6.07, 6.45) is 0.728. The number of benzene rings is 1. The topological polar surface area (TPSA) is 74.7 Å². The maximum atomic E-state index is 13.2.